The van der Waals surface area contributed by atoms with E-state index in [-0.39, 0.29) is 35.4 Å². The average Bonchev–Trinajstić information content (AvgIpc) is 2.85. The van der Waals surface area contributed by atoms with Crippen LogP contribution in [-0.4, -0.2) is 35.3 Å². The van der Waals surface area contributed by atoms with Crippen molar-refractivity contribution in [1.82, 2.24) is 4.98 Å². The van der Waals surface area contributed by atoms with E-state index in [0.717, 1.165) is 37.6 Å². The van der Waals surface area contributed by atoms with Crippen molar-refractivity contribution in [2.24, 2.45) is 5.41 Å². The summed E-state index contributed by atoms with van der Waals surface area (Å²) in [6, 6.07) is 8.91. The minimum absolute atomic E-state index is 0.168. The van der Waals surface area contributed by atoms with Crippen molar-refractivity contribution in [3.05, 3.63) is 76.9 Å². The largest absolute Gasteiger partial charge is 0.487 e. The number of halogens is 3. The summed E-state index contributed by atoms with van der Waals surface area (Å²) in [6.07, 6.45) is 4.15. The number of carbonyl (C=O) groups is 1. The van der Waals surface area contributed by atoms with Gasteiger partial charge in [0.2, 0.25) is 5.82 Å². The summed E-state index contributed by atoms with van der Waals surface area (Å²) < 4.78 is 49.0. The number of rotatable bonds is 7. The molecule has 0 bridgehead atoms. The zero-order valence-corrected chi connectivity index (χ0v) is 22.4. The molecule has 2 aromatic carbocycles. The van der Waals surface area contributed by atoms with Gasteiger partial charge in [-0.3, -0.25) is 9.78 Å². The highest BCUT2D eigenvalue weighted by Gasteiger charge is 2.34. The lowest BCUT2D eigenvalue weighted by atomic mass is 9.77. The fraction of sp³-hybridized carbons (Fsp3) is 0.419. The third-order valence-corrected chi connectivity index (χ3v) is 8.16. The maximum atomic E-state index is 14.9. The molecule has 8 heteroatoms. The molecule has 0 spiro atoms. The first-order valence-corrected chi connectivity index (χ1v) is 13.4. The third-order valence-electron chi connectivity index (χ3n) is 8.16. The minimum atomic E-state index is -1.06. The van der Waals surface area contributed by atoms with Gasteiger partial charge in [-0.25, -0.2) is 8.78 Å². The number of nitrogens with zero attached hydrogens (tertiary/aromatic N) is 2. The number of ether oxygens (including phenoxy) is 1. The van der Waals surface area contributed by atoms with E-state index >= 15 is 0 Å². The molecule has 1 saturated carbocycles. The number of carboxylic acid groups (broad SMARTS) is 1. The van der Waals surface area contributed by atoms with Gasteiger partial charge in [-0.15, -0.1) is 0 Å². The number of aromatic nitrogens is 1. The Morgan fingerprint density at radius 2 is 1.77 bits per heavy atom. The van der Waals surface area contributed by atoms with E-state index in [1.54, 1.807) is 25.3 Å². The molecular formula is C31H33F3N2O3. The summed E-state index contributed by atoms with van der Waals surface area (Å²) in [5.74, 6) is -3.39. The van der Waals surface area contributed by atoms with Crippen LogP contribution in [0.25, 0.3) is 11.1 Å². The second kappa shape index (κ2) is 10.5. The second-order valence-electron chi connectivity index (χ2n) is 11.5. The molecule has 1 N–H and O–H groups in total. The van der Waals surface area contributed by atoms with Crippen molar-refractivity contribution in [3.63, 3.8) is 0 Å². The lowest BCUT2D eigenvalue weighted by Crippen LogP contribution is -2.38. The topological polar surface area (TPSA) is 62.7 Å². The van der Waals surface area contributed by atoms with Crippen LogP contribution in [0.15, 0.2) is 42.6 Å². The maximum absolute atomic E-state index is 14.9. The standard InChI is InChI=1S/C31H33F3N2O3/c1-18-24(16-28(37)38)30(36-10-8-31(2,3)9-11-36)25(17-35-18)21-14-26(33)29(34)27(15-21)39-23-12-20(13-23)19-4-6-22(32)7-5-19/h4-7,14-15,17,20,23H,8-13,16H2,1-3H3,(H,37,38). The van der Waals surface area contributed by atoms with E-state index < -0.39 is 17.6 Å². The fourth-order valence-corrected chi connectivity index (χ4v) is 5.56. The van der Waals surface area contributed by atoms with Crippen LogP contribution in [-0.2, 0) is 11.2 Å². The number of hydrogen-bond acceptors (Lipinski definition) is 4. The molecule has 1 aromatic heterocycles. The van der Waals surface area contributed by atoms with Gasteiger partial charge in [0, 0.05) is 36.1 Å². The quantitative estimate of drug-likeness (QED) is 0.349. The van der Waals surface area contributed by atoms with Crippen molar-refractivity contribution in [2.45, 2.75) is 64.9 Å². The number of anilines is 1. The van der Waals surface area contributed by atoms with Crippen LogP contribution in [0.1, 0.15) is 62.3 Å². The number of piperidine rings is 1. The van der Waals surface area contributed by atoms with Gasteiger partial charge < -0.3 is 14.7 Å². The molecular weight excluding hydrogens is 505 g/mol. The van der Waals surface area contributed by atoms with Gasteiger partial charge in [-0.2, -0.15) is 4.39 Å². The Labute approximate surface area is 226 Å². The van der Waals surface area contributed by atoms with E-state index in [1.807, 2.05) is 0 Å². The summed E-state index contributed by atoms with van der Waals surface area (Å²) in [5.41, 5.74) is 3.98. The minimum Gasteiger partial charge on any atom is -0.487 e. The molecule has 1 saturated heterocycles. The van der Waals surface area contributed by atoms with Crippen molar-refractivity contribution in [2.75, 3.05) is 18.0 Å². The molecule has 3 aromatic rings. The van der Waals surface area contributed by atoms with Gasteiger partial charge in [0.15, 0.2) is 11.6 Å². The van der Waals surface area contributed by atoms with E-state index in [9.17, 15) is 23.1 Å². The van der Waals surface area contributed by atoms with Crippen molar-refractivity contribution in [1.29, 1.82) is 0 Å². The van der Waals surface area contributed by atoms with E-state index in [0.29, 0.717) is 40.9 Å². The van der Waals surface area contributed by atoms with Gasteiger partial charge in [-0.05, 0) is 79.3 Å². The van der Waals surface area contributed by atoms with Gasteiger partial charge in [0.25, 0.3) is 0 Å². The molecule has 2 fully saturated rings. The zero-order chi connectivity index (χ0) is 27.9. The Balaban J connectivity index is 1.46. The highest BCUT2D eigenvalue weighted by Crippen LogP contribution is 2.43. The Hall–Kier alpha value is -3.55. The van der Waals surface area contributed by atoms with Gasteiger partial charge >= 0.3 is 5.97 Å². The molecule has 206 valence electrons. The van der Waals surface area contributed by atoms with Crippen LogP contribution < -0.4 is 9.64 Å². The van der Waals surface area contributed by atoms with E-state index in [4.69, 9.17) is 4.74 Å². The van der Waals surface area contributed by atoms with E-state index in [1.165, 1.54) is 18.2 Å². The third kappa shape index (κ3) is 5.75. The molecule has 1 aliphatic heterocycles. The fourth-order valence-electron chi connectivity index (χ4n) is 5.56. The molecule has 0 atom stereocenters. The normalized spacial score (nSPS) is 20.4. The van der Waals surface area contributed by atoms with Crippen LogP contribution in [0.2, 0.25) is 0 Å². The average molecular weight is 539 g/mol. The molecule has 2 heterocycles. The summed E-state index contributed by atoms with van der Waals surface area (Å²) in [6.45, 7) is 7.63. The van der Waals surface area contributed by atoms with Gasteiger partial charge in [-0.1, -0.05) is 26.0 Å². The summed E-state index contributed by atoms with van der Waals surface area (Å²) in [7, 11) is 0. The van der Waals surface area contributed by atoms with Crippen molar-refractivity contribution >= 4 is 11.7 Å². The highest BCUT2D eigenvalue weighted by molar-refractivity contribution is 5.85. The Morgan fingerprint density at radius 3 is 2.41 bits per heavy atom. The van der Waals surface area contributed by atoms with Crippen molar-refractivity contribution < 1.29 is 27.8 Å². The van der Waals surface area contributed by atoms with Gasteiger partial charge in [0.05, 0.1) is 12.1 Å². The molecule has 0 radical (unpaired) electrons. The molecule has 2 aliphatic rings. The number of benzene rings is 2. The Kier molecular flexibility index (Phi) is 7.31. The number of carboxylic acids is 1. The molecule has 5 rings (SSSR count). The molecule has 1 aliphatic carbocycles. The lowest BCUT2D eigenvalue weighted by molar-refractivity contribution is -0.136. The first-order valence-electron chi connectivity index (χ1n) is 13.4. The summed E-state index contributed by atoms with van der Waals surface area (Å²) >= 11 is 0. The number of hydrogen-bond donors (Lipinski definition) is 1. The Morgan fingerprint density at radius 1 is 1.10 bits per heavy atom. The first kappa shape index (κ1) is 27.0. The monoisotopic (exact) mass is 538 g/mol. The number of aryl methyl sites for hydroxylation is 1. The number of aliphatic carboxylic acids is 1. The first-order chi connectivity index (χ1) is 18.5. The maximum Gasteiger partial charge on any atom is 0.307 e. The molecule has 39 heavy (non-hydrogen) atoms. The van der Waals surface area contributed by atoms with Crippen LogP contribution in [0.5, 0.6) is 5.75 Å². The predicted octanol–water partition coefficient (Wildman–Crippen LogP) is 7.05. The molecule has 0 unspecified atom stereocenters. The highest BCUT2D eigenvalue weighted by atomic mass is 19.2. The van der Waals surface area contributed by atoms with Crippen LogP contribution in [0.3, 0.4) is 0 Å². The number of pyridine rings is 1. The molecule has 5 nitrogen and oxygen atoms in total. The smallest absolute Gasteiger partial charge is 0.307 e. The van der Waals surface area contributed by atoms with Crippen molar-refractivity contribution in [3.8, 4) is 16.9 Å². The molecule has 0 amide bonds. The SMILES string of the molecule is Cc1ncc(-c2cc(F)c(F)c(OC3CC(c4ccc(F)cc4)C3)c2)c(N2CCC(C)(C)CC2)c1CC(=O)O. The Bertz CT molecular complexity index is 1370. The summed E-state index contributed by atoms with van der Waals surface area (Å²) in [4.78, 5) is 18.4. The predicted molar refractivity (Wildman–Crippen MR) is 144 cm³/mol. The van der Waals surface area contributed by atoms with Gasteiger partial charge in [0.1, 0.15) is 11.9 Å². The zero-order valence-electron chi connectivity index (χ0n) is 22.4. The second-order valence-corrected chi connectivity index (χ2v) is 11.5. The lowest BCUT2D eigenvalue weighted by Gasteiger charge is -2.40. The van der Waals surface area contributed by atoms with Crippen LogP contribution in [0, 0.1) is 29.8 Å². The van der Waals surface area contributed by atoms with E-state index in [2.05, 4.69) is 23.7 Å². The van der Waals surface area contributed by atoms with Crippen LogP contribution >= 0.6 is 0 Å². The van der Waals surface area contributed by atoms with Crippen LogP contribution in [0.4, 0.5) is 18.9 Å². The summed E-state index contributed by atoms with van der Waals surface area (Å²) in [5, 5.41) is 9.64.